The summed E-state index contributed by atoms with van der Waals surface area (Å²) in [6.07, 6.45) is 4.62. The van der Waals surface area contributed by atoms with E-state index in [1.807, 2.05) is 20.8 Å². The number of hydrogen-bond donors (Lipinski definition) is 2. The number of aromatic nitrogens is 1. The number of benzene rings is 1. The van der Waals surface area contributed by atoms with Crippen molar-refractivity contribution in [1.82, 2.24) is 15.6 Å². The normalized spacial score (nSPS) is 18.5. The number of nitrogens with one attached hydrogen (secondary N) is 2. The molecule has 1 aromatic heterocycles. The third kappa shape index (κ3) is 7.21. The maximum absolute atomic E-state index is 13.1. The lowest BCUT2D eigenvalue weighted by Crippen LogP contribution is -2.42. The topological polar surface area (TPSA) is 89.6 Å². The average molecular weight is 444 g/mol. The molecule has 1 aliphatic carbocycles. The molecule has 0 radical (unpaired) electrons. The third-order valence-electron chi connectivity index (χ3n) is 5.16. The molecule has 2 aromatic rings. The summed E-state index contributed by atoms with van der Waals surface area (Å²) in [5.74, 6) is 0.252. The molecule has 1 aliphatic rings. The van der Waals surface area contributed by atoms with Gasteiger partial charge in [-0.1, -0.05) is 0 Å². The van der Waals surface area contributed by atoms with Crippen molar-refractivity contribution in [2.45, 2.75) is 58.1 Å². The number of ether oxygens (including phenoxy) is 2. The van der Waals surface area contributed by atoms with Crippen molar-refractivity contribution in [3.05, 3.63) is 54.0 Å². The highest BCUT2D eigenvalue weighted by Gasteiger charge is 2.25. The Morgan fingerprint density at radius 3 is 2.44 bits per heavy atom. The minimum Gasteiger partial charge on any atom is -0.444 e. The molecule has 8 heteroatoms. The molecule has 1 aromatic carbocycles. The number of hydrogen-bond acceptors (Lipinski definition) is 5. The van der Waals surface area contributed by atoms with E-state index in [-0.39, 0.29) is 29.7 Å². The second-order valence-corrected chi connectivity index (χ2v) is 8.99. The fraction of sp³-hybridized carbons (Fsp3) is 0.458. The van der Waals surface area contributed by atoms with Crippen LogP contribution in [0.15, 0.2) is 42.6 Å². The summed E-state index contributed by atoms with van der Waals surface area (Å²) in [6, 6.07) is 8.93. The van der Waals surface area contributed by atoms with Gasteiger partial charge in [0, 0.05) is 18.8 Å². The monoisotopic (exact) mass is 443 g/mol. The summed E-state index contributed by atoms with van der Waals surface area (Å²) in [6.45, 7) is 6.04. The molecule has 1 heterocycles. The smallest absolute Gasteiger partial charge is 0.407 e. The number of halogens is 1. The van der Waals surface area contributed by atoms with E-state index in [9.17, 15) is 14.0 Å². The summed E-state index contributed by atoms with van der Waals surface area (Å²) >= 11 is 0. The molecule has 1 fully saturated rings. The second kappa shape index (κ2) is 10.4. The Kier molecular flexibility index (Phi) is 7.66. The van der Waals surface area contributed by atoms with E-state index in [0.29, 0.717) is 23.8 Å². The number of amides is 2. The van der Waals surface area contributed by atoms with E-state index in [1.165, 1.54) is 30.5 Å². The Morgan fingerprint density at radius 2 is 1.78 bits per heavy atom. The number of pyridine rings is 1. The van der Waals surface area contributed by atoms with Gasteiger partial charge in [0.05, 0.1) is 0 Å². The number of alkyl carbamates (subject to hydrolysis) is 1. The van der Waals surface area contributed by atoms with E-state index < -0.39 is 5.60 Å². The van der Waals surface area contributed by atoms with Crippen LogP contribution in [0.25, 0.3) is 0 Å². The van der Waals surface area contributed by atoms with E-state index >= 15 is 0 Å². The first-order chi connectivity index (χ1) is 15.2. The molecule has 1 saturated carbocycles. The Balaban J connectivity index is 1.47. The van der Waals surface area contributed by atoms with Crippen molar-refractivity contribution in [3.8, 4) is 11.6 Å². The minimum absolute atomic E-state index is 0.0887. The molecule has 0 bridgehead atoms. The van der Waals surface area contributed by atoms with Crippen LogP contribution in [0.4, 0.5) is 9.18 Å². The van der Waals surface area contributed by atoms with Gasteiger partial charge in [-0.3, -0.25) is 4.79 Å². The standard InChI is InChI=1S/C24H30FN3O4/c1-24(2,3)32-23(30)28-18-10-6-16(7-11-18)15-27-21(29)20-5-4-14-26-22(20)31-19-12-8-17(25)9-13-19/h4-5,8-9,12-14,16,18H,6-7,10-11,15H2,1-3H3,(H,27,29)(H,28,30). The van der Waals surface area contributed by atoms with Crippen molar-refractivity contribution in [2.75, 3.05) is 6.54 Å². The molecule has 7 nitrogen and oxygen atoms in total. The van der Waals surface area contributed by atoms with Gasteiger partial charge in [-0.2, -0.15) is 0 Å². The minimum atomic E-state index is -0.517. The lowest BCUT2D eigenvalue weighted by Gasteiger charge is -2.30. The summed E-state index contributed by atoms with van der Waals surface area (Å²) < 4.78 is 24.1. The van der Waals surface area contributed by atoms with Gasteiger partial charge in [0.2, 0.25) is 5.88 Å². The number of nitrogens with zero attached hydrogens (tertiary/aromatic N) is 1. The highest BCUT2D eigenvalue weighted by molar-refractivity contribution is 5.96. The fourth-order valence-electron chi connectivity index (χ4n) is 3.58. The molecule has 0 spiro atoms. The lowest BCUT2D eigenvalue weighted by molar-refractivity contribution is 0.0487. The SMILES string of the molecule is CC(C)(C)OC(=O)NC1CCC(CNC(=O)c2cccnc2Oc2ccc(F)cc2)CC1. The van der Waals surface area contributed by atoms with Gasteiger partial charge in [0.15, 0.2) is 0 Å². The van der Waals surface area contributed by atoms with Gasteiger partial charge < -0.3 is 20.1 Å². The molecule has 172 valence electrons. The summed E-state index contributed by atoms with van der Waals surface area (Å²) in [7, 11) is 0. The quantitative estimate of drug-likeness (QED) is 0.668. The summed E-state index contributed by atoms with van der Waals surface area (Å²) in [4.78, 5) is 28.8. The molecule has 2 N–H and O–H groups in total. The highest BCUT2D eigenvalue weighted by atomic mass is 19.1. The predicted octanol–water partition coefficient (Wildman–Crippen LogP) is 4.83. The van der Waals surface area contributed by atoms with Gasteiger partial charge in [-0.05, 0) is 88.8 Å². The number of carbonyl (C=O) groups excluding carboxylic acids is 2. The zero-order valence-electron chi connectivity index (χ0n) is 18.7. The van der Waals surface area contributed by atoms with E-state index in [2.05, 4.69) is 15.6 Å². The molecular weight excluding hydrogens is 413 g/mol. The Morgan fingerprint density at radius 1 is 1.09 bits per heavy atom. The average Bonchev–Trinajstić information content (AvgIpc) is 2.74. The van der Waals surface area contributed by atoms with Crippen molar-refractivity contribution in [2.24, 2.45) is 5.92 Å². The molecule has 0 saturated heterocycles. The zero-order valence-corrected chi connectivity index (χ0v) is 18.7. The molecular formula is C24H30FN3O4. The van der Waals surface area contributed by atoms with Crippen LogP contribution in [0.1, 0.15) is 56.8 Å². The first-order valence-corrected chi connectivity index (χ1v) is 10.9. The van der Waals surface area contributed by atoms with Crippen LogP contribution in [-0.4, -0.2) is 35.2 Å². The molecule has 32 heavy (non-hydrogen) atoms. The Hall–Kier alpha value is -3.16. The van der Waals surface area contributed by atoms with Gasteiger partial charge in [-0.25, -0.2) is 14.2 Å². The van der Waals surface area contributed by atoms with Crippen LogP contribution in [0.3, 0.4) is 0 Å². The Labute approximate surface area is 187 Å². The van der Waals surface area contributed by atoms with Crippen molar-refractivity contribution >= 4 is 12.0 Å². The summed E-state index contributed by atoms with van der Waals surface area (Å²) in [5.41, 5.74) is -0.200. The molecule has 3 rings (SSSR count). The van der Waals surface area contributed by atoms with Crippen LogP contribution in [0.2, 0.25) is 0 Å². The van der Waals surface area contributed by atoms with E-state index in [0.717, 1.165) is 25.7 Å². The molecule has 0 unspecified atom stereocenters. The fourth-order valence-corrected chi connectivity index (χ4v) is 3.58. The maximum atomic E-state index is 13.1. The van der Waals surface area contributed by atoms with Crippen LogP contribution < -0.4 is 15.4 Å². The van der Waals surface area contributed by atoms with E-state index in [4.69, 9.17) is 9.47 Å². The summed E-state index contributed by atoms with van der Waals surface area (Å²) in [5, 5.41) is 5.88. The first-order valence-electron chi connectivity index (χ1n) is 10.9. The zero-order chi connectivity index (χ0) is 23.1. The predicted molar refractivity (Wildman–Crippen MR) is 118 cm³/mol. The van der Waals surface area contributed by atoms with E-state index in [1.54, 1.807) is 12.1 Å². The third-order valence-corrected chi connectivity index (χ3v) is 5.16. The molecule has 0 aliphatic heterocycles. The van der Waals surface area contributed by atoms with Gasteiger partial charge in [-0.15, -0.1) is 0 Å². The Bertz CT molecular complexity index is 920. The van der Waals surface area contributed by atoms with Crippen molar-refractivity contribution in [1.29, 1.82) is 0 Å². The first kappa shape index (κ1) is 23.5. The van der Waals surface area contributed by atoms with Crippen molar-refractivity contribution in [3.63, 3.8) is 0 Å². The maximum Gasteiger partial charge on any atom is 0.407 e. The van der Waals surface area contributed by atoms with Gasteiger partial charge in [0.25, 0.3) is 5.91 Å². The molecule has 0 atom stereocenters. The largest absolute Gasteiger partial charge is 0.444 e. The lowest BCUT2D eigenvalue weighted by atomic mass is 9.86. The van der Waals surface area contributed by atoms with Gasteiger partial charge in [0.1, 0.15) is 22.7 Å². The van der Waals surface area contributed by atoms with Crippen LogP contribution >= 0.6 is 0 Å². The van der Waals surface area contributed by atoms with Gasteiger partial charge >= 0.3 is 6.09 Å². The number of rotatable bonds is 6. The van der Waals surface area contributed by atoms with Crippen molar-refractivity contribution < 1.29 is 23.5 Å². The molecule has 2 amide bonds. The van der Waals surface area contributed by atoms with Crippen LogP contribution in [0.5, 0.6) is 11.6 Å². The van der Waals surface area contributed by atoms with Crippen LogP contribution in [0, 0.1) is 11.7 Å². The highest BCUT2D eigenvalue weighted by Crippen LogP contribution is 2.26. The van der Waals surface area contributed by atoms with Crippen LogP contribution in [-0.2, 0) is 4.74 Å². The second-order valence-electron chi connectivity index (χ2n) is 8.99. The number of carbonyl (C=O) groups is 2.